The summed E-state index contributed by atoms with van der Waals surface area (Å²) in [6, 6.07) is 6.91. The van der Waals surface area contributed by atoms with Crippen LogP contribution in [0.5, 0.6) is 0 Å². The lowest BCUT2D eigenvalue weighted by Crippen LogP contribution is -2.35. The van der Waals surface area contributed by atoms with Crippen LogP contribution in [0.1, 0.15) is 18.4 Å². The van der Waals surface area contributed by atoms with Crippen molar-refractivity contribution in [2.75, 3.05) is 12.4 Å². The maximum Gasteiger partial charge on any atom is 0.155 e. The van der Waals surface area contributed by atoms with Crippen molar-refractivity contribution in [1.29, 1.82) is 0 Å². The molecule has 0 radical (unpaired) electrons. The Bertz CT molecular complexity index is 543. The van der Waals surface area contributed by atoms with Crippen LogP contribution in [-0.4, -0.2) is 36.7 Å². The zero-order chi connectivity index (χ0) is 13.6. The molecule has 1 fully saturated rings. The fraction of sp³-hybridized carbons (Fsp3) is 0.500. The van der Waals surface area contributed by atoms with Gasteiger partial charge in [-0.05, 0) is 17.7 Å². The Labute approximate surface area is 112 Å². The van der Waals surface area contributed by atoms with Gasteiger partial charge in [-0.1, -0.05) is 30.7 Å². The molecule has 1 aliphatic carbocycles. The van der Waals surface area contributed by atoms with E-state index in [4.69, 9.17) is 17.3 Å². The van der Waals surface area contributed by atoms with Crippen LogP contribution in [-0.2, 0) is 9.84 Å². The summed E-state index contributed by atoms with van der Waals surface area (Å²) in [7, 11) is -3.27. The number of hydrogen-bond donors (Lipinski definition) is 2. The van der Waals surface area contributed by atoms with Crippen LogP contribution in [0.3, 0.4) is 0 Å². The zero-order valence-electron chi connectivity index (χ0n) is 10.0. The van der Waals surface area contributed by atoms with Crippen molar-refractivity contribution in [2.45, 2.75) is 23.6 Å². The topological polar surface area (TPSA) is 80.4 Å². The molecule has 3 atom stereocenters. The third kappa shape index (κ3) is 2.05. The molecule has 4 nitrogen and oxygen atoms in total. The summed E-state index contributed by atoms with van der Waals surface area (Å²) in [5, 5.41) is 9.24. The molecule has 3 N–H and O–H groups in total. The molecule has 0 spiro atoms. The van der Waals surface area contributed by atoms with Crippen molar-refractivity contribution in [3.8, 4) is 0 Å². The van der Waals surface area contributed by atoms with Gasteiger partial charge in [0.25, 0.3) is 0 Å². The highest BCUT2D eigenvalue weighted by molar-refractivity contribution is 7.92. The minimum atomic E-state index is -3.27. The second-order valence-electron chi connectivity index (χ2n) is 4.67. The Balaban J connectivity index is 2.37. The van der Waals surface area contributed by atoms with E-state index in [1.807, 2.05) is 0 Å². The van der Waals surface area contributed by atoms with E-state index in [0.29, 0.717) is 5.02 Å². The average Bonchev–Trinajstić information content (AvgIpc) is 2.98. The molecule has 0 aliphatic heterocycles. The van der Waals surface area contributed by atoms with Gasteiger partial charge in [-0.25, -0.2) is 8.42 Å². The van der Waals surface area contributed by atoms with Crippen LogP contribution < -0.4 is 5.73 Å². The van der Waals surface area contributed by atoms with Crippen LogP contribution >= 0.6 is 11.6 Å². The fourth-order valence-corrected chi connectivity index (χ4v) is 4.61. The van der Waals surface area contributed by atoms with Gasteiger partial charge in [0, 0.05) is 16.7 Å². The fourth-order valence-electron chi connectivity index (χ4n) is 2.49. The minimum absolute atomic E-state index is 0.0285. The highest BCUT2D eigenvalue weighted by Gasteiger charge is 2.68. The van der Waals surface area contributed by atoms with Gasteiger partial charge in [-0.3, -0.25) is 0 Å². The summed E-state index contributed by atoms with van der Waals surface area (Å²) in [5.41, 5.74) is 5.74. The van der Waals surface area contributed by atoms with Crippen LogP contribution in [0.2, 0.25) is 5.02 Å². The molecule has 1 aromatic carbocycles. The van der Waals surface area contributed by atoms with E-state index < -0.39 is 20.6 Å². The van der Waals surface area contributed by atoms with Crippen LogP contribution in [0, 0.1) is 0 Å². The number of aliphatic hydroxyl groups is 1. The predicted octanol–water partition coefficient (Wildman–Crippen LogP) is 0.930. The Morgan fingerprint density at radius 3 is 2.39 bits per heavy atom. The average molecular weight is 290 g/mol. The van der Waals surface area contributed by atoms with E-state index in [9.17, 15) is 13.5 Å². The lowest BCUT2D eigenvalue weighted by molar-refractivity contribution is 0.253. The van der Waals surface area contributed by atoms with Gasteiger partial charge in [0.1, 0.15) is 0 Å². The van der Waals surface area contributed by atoms with Gasteiger partial charge in [0.2, 0.25) is 0 Å². The SMILES string of the molecule is CCS(=O)(=O)[C@@H]1[C@@H](c2ccc(Cl)cc2)[C@@]1(N)CO. The molecule has 18 heavy (non-hydrogen) atoms. The van der Waals surface area contributed by atoms with Crippen molar-refractivity contribution in [3.05, 3.63) is 34.9 Å². The monoisotopic (exact) mass is 289 g/mol. The van der Waals surface area contributed by atoms with Gasteiger partial charge in [0.05, 0.1) is 17.4 Å². The number of hydrogen-bond acceptors (Lipinski definition) is 4. The first-order valence-corrected chi connectivity index (χ1v) is 7.83. The van der Waals surface area contributed by atoms with Crippen LogP contribution in [0.15, 0.2) is 24.3 Å². The number of halogens is 1. The van der Waals surface area contributed by atoms with Crippen LogP contribution in [0.25, 0.3) is 0 Å². The summed E-state index contributed by atoms with van der Waals surface area (Å²) >= 11 is 5.80. The van der Waals surface area contributed by atoms with Gasteiger partial charge < -0.3 is 10.8 Å². The quantitative estimate of drug-likeness (QED) is 0.864. The molecule has 100 valence electrons. The van der Waals surface area contributed by atoms with Crippen molar-refractivity contribution in [2.24, 2.45) is 5.73 Å². The molecule has 1 saturated carbocycles. The lowest BCUT2D eigenvalue weighted by Gasteiger charge is -2.07. The molecular formula is C12H16ClNO3S. The molecule has 0 saturated heterocycles. The van der Waals surface area contributed by atoms with Crippen molar-refractivity contribution in [1.82, 2.24) is 0 Å². The van der Waals surface area contributed by atoms with Gasteiger partial charge in [0.15, 0.2) is 9.84 Å². The molecule has 1 aliphatic rings. The summed E-state index contributed by atoms with van der Waals surface area (Å²) < 4.78 is 23.9. The minimum Gasteiger partial charge on any atom is -0.394 e. The molecule has 0 amide bonds. The number of aliphatic hydroxyl groups excluding tert-OH is 1. The molecule has 2 rings (SSSR count). The third-order valence-electron chi connectivity index (χ3n) is 3.59. The Hall–Kier alpha value is -0.620. The number of nitrogens with two attached hydrogens (primary N) is 1. The van der Waals surface area contributed by atoms with E-state index in [0.717, 1.165) is 5.56 Å². The smallest absolute Gasteiger partial charge is 0.155 e. The molecule has 1 aromatic rings. The molecule has 0 aromatic heterocycles. The molecule has 6 heteroatoms. The standard InChI is InChI=1S/C12H16ClNO3S/c1-2-18(16,17)11-10(12(11,14)7-15)8-3-5-9(13)6-4-8/h3-6,10-11,15H,2,7,14H2,1H3/t10-,11-,12+/m1/s1. The second kappa shape index (κ2) is 4.49. The Morgan fingerprint density at radius 2 is 1.94 bits per heavy atom. The number of benzene rings is 1. The number of sulfone groups is 1. The highest BCUT2D eigenvalue weighted by Crippen LogP contribution is 2.54. The number of rotatable bonds is 4. The largest absolute Gasteiger partial charge is 0.394 e. The van der Waals surface area contributed by atoms with E-state index >= 15 is 0 Å². The molecule has 0 heterocycles. The van der Waals surface area contributed by atoms with E-state index in [1.54, 1.807) is 31.2 Å². The van der Waals surface area contributed by atoms with E-state index in [-0.39, 0.29) is 18.3 Å². The Morgan fingerprint density at radius 1 is 1.39 bits per heavy atom. The summed E-state index contributed by atoms with van der Waals surface area (Å²) in [5.74, 6) is -0.328. The Kier molecular flexibility index (Phi) is 3.44. The van der Waals surface area contributed by atoms with Crippen LogP contribution in [0.4, 0.5) is 0 Å². The van der Waals surface area contributed by atoms with E-state index in [1.165, 1.54) is 0 Å². The highest BCUT2D eigenvalue weighted by atomic mass is 35.5. The van der Waals surface area contributed by atoms with E-state index in [2.05, 4.69) is 0 Å². The first-order chi connectivity index (χ1) is 8.36. The summed E-state index contributed by atoms with van der Waals surface area (Å²) in [6.45, 7) is 1.24. The molecule has 0 unspecified atom stereocenters. The zero-order valence-corrected chi connectivity index (χ0v) is 11.6. The second-order valence-corrected chi connectivity index (χ2v) is 7.52. The van der Waals surface area contributed by atoms with Gasteiger partial charge >= 0.3 is 0 Å². The molecular weight excluding hydrogens is 274 g/mol. The van der Waals surface area contributed by atoms with Gasteiger partial charge in [-0.15, -0.1) is 0 Å². The van der Waals surface area contributed by atoms with Gasteiger partial charge in [-0.2, -0.15) is 0 Å². The normalized spacial score (nSPS) is 31.3. The first-order valence-electron chi connectivity index (χ1n) is 5.73. The predicted molar refractivity (Wildman–Crippen MR) is 71.4 cm³/mol. The summed E-state index contributed by atoms with van der Waals surface area (Å²) in [6.07, 6.45) is 0. The summed E-state index contributed by atoms with van der Waals surface area (Å²) in [4.78, 5) is 0. The molecule has 0 bridgehead atoms. The van der Waals surface area contributed by atoms with Crippen molar-refractivity contribution < 1.29 is 13.5 Å². The first kappa shape index (κ1) is 13.8. The van der Waals surface area contributed by atoms with Crippen molar-refractivity contribution in [3.63, 3.8) is 0 Å². The van der Waals surface area contributed by atoms with Crippen molar-refractivity contribution >= 4 is 21.4 Å². The maximum atomic E-state index is 12.0. The lowest BCUT2D eigenvalue weighted by atomic mass is 10.1. The maximum absolute atomic E-state index is 12.0. The third-order valence-corrected chi connectivity index (χ3v) is 6.14.